The Labute approximate surface area is 133 Å². The van der Waals surface area contributed by atoms with Crippen LogP contribution in [0.1, 0.15) is 39.2 Å². The molecule has 3 nitrogen and oxygen atoms in total. The number of allylic oxidation sites excluding steroid dienone is 1. The van der Waals surface area contributed by atoms with Crippen molar-refractivity contribution in [1.82, 2.24) is 4.90 Å². The lowest BCUT2D eigenvalue weighted by Gasteiger charge is -2.34. The van der Waals surface area contributed by atoms with E-state index in [9.17, 15) is 4.79 Å². The summed E-state index contributed by atoms with van der Waals surface area (Å²) in [5.41, 5.74) is 0.0511. The highest BCUT2D eigenvalue weighted by molar-refractivity contribution is 5.86. The standard InChI is InChI=1S/C19H25NO2/c1-5-11-18(4)13-19(15-9-7-6-8-10-15)20(17(18)21)16(12-22-19)14(2)3/h5-10,14,16H,1,11-13H2,2-4H3/t16-,18+,19+/m1/s1. The molecule has 22 heavy (non-hydrogen) atoms. The van der Waals surface area contributed by atoms with E-state index < -0.39 is 11.1 Å². The summed E-state index contributed by atoms with van der Waals surface area (Å²) in [6.45, 7) is 10.8. The zero-order chi connectivity index (χ0) is 16.0. The fourth-order valence-electron chi connectivity index (χ4n) is 3.97. The number of rotatable bonds is 4. The van der Waals surface area contributed by atoms with Crippen LogP contribution in [0, 0.1) is 11.3 Å². The number of benzene rings is 1. The van der Waals surface area contributed by atoms with Crippen LogP contribution in [0.5, 0.6) is 0 Å². The molecule has 2 saturated heterocycles. The third-order valence-corrected chi connectivity index (χ3v) is 5.17. The highest BCUT2D eigenvalue weighted by Crippen LogP contribution is 2.55. The van der Waals surface area contributed by atoms with E-state index in [0.29, 0.717) is 25.4 Å². The minimum Gasteiger partial charge on any atom is -0.349 e. The van der Waals surface area contributed by atoms with Crippen LogP contribution in [-0.2, 0) is 15.3 Å². The zero-order valence-electron chi connectivity index (χ0n) is 13.7. The van der Waals surface area contributed by atoms with Gasteiger partial charge in [-0.1, -0.05) is 57.2 Å². The van der Waals surface area contributed by atoms with Crippen LogP contribution in [0.4, 0.5) is 0 Å². The molecule has 3 heteroatoms. The minimum absolute atomic E-state index is 0.138. The predicted octanol–water partition coefficient (Wildman–Crippen LogP) is 3.71. The first-order chi connectivity index (χ1) is 10.4. The fraction of sp³-hybridized carbons (Fsp3) is 0.526. The van der Waals surface area contributed by atoms with Gasteiger partial charge in [0, 0.05) is 12.0 Å². The average Bonchev–Trinajstić information content (AvgIpc) is 2.96. The molecule has 0 N–H and O–H groups in total. The number of ether oxygens (including phenoxy) is 1. The summed E-state index contributed by atoms with van der Waals surface area (Å²) in [7, 11) is 0. The van der Waals surface area contributed by atoms with Gasteiger partial charge in [0.25, 0.3) is 0 Å². The molecule has 0 radical (unpaired) electrons. The van der Waals surface area contributed by atoms with E-state index in [4.69, 9.17) is 4.74 Å². The molecule has 2 heterocycles. The molecular weight excluding hydrogens is 274 g/mol. The second-order valence-corrected chi connectivity index (χ2v) is 7.18. The van der Waals surface area contributed by atoms with Gasteiger partial charge in [-0.05, 0) is 12.3 Å². The van der Waals surface area contributed by atoms with Crippen LogP contribution in [-0.4, -0.2) is 23.5 Å². The van der Waals surface area contributed by atoms with E-state index in [1.165, 1.54) is 0 Å². The molecule has 118 valence electrons. The van der Waals surface area contributed by atoms with Crippen molar-refractivity contribution in [2.24, 2.45) is 11.3 Å². The summed E-state index contributed by atoms with van der Waals surface area (Å²) < 4.78 is 6.31. The van der Waals surface area contributed by atoms with Gasteiger partial charge in [-0.15, -0.1) is 6.58 Å². The van der Waals surface area contributed by atoms with Crippen molar-refractivity contribution in [3.8, 4) is 0 Å². The molecule has 0 unspecified atom stereocenters. The second-order valence-electron chi connectivity index (χ2n) is 7.18. The van der Waals surface area contributed by atoms with Crippen LogP contribution >= 0.6 is 0 Å². The van der Waals surface area contributed by atoms with Gasteiger partial charge in [-0.25, -0.2) is 0 Å². The minimum atomic E-state index is -0.606. The Kier molecular flexibility index (Phi) is 3.64. The molecule has 0 aromatic heterocycles. The van der Waals surface area contributed by atoms with Crippen LogP contribution in [0.25, 0.3) is 0 Å². The molecule has 2 aliphatic heterocycles. The highest BCUT2D eigenvalue weighted by atomic mass is 16.5. The molecule has 3 rings (SSSR count). The smallest absolute Gasteiger partial charge is 0.231 e. The van der Waals surface area contributed by atoms with E-state index in [0.717, 1.165) is 5.56 Å². The molecule has 2 fully saturated rings. The first-order valence-electron chi connectivity index (χ1n) is 8.09. The molecule has 2 aliphatic rings. The Morgan fingerprint density at radius 1 is 1.41 bits per heavy atom. The summed E-state index contributed by atoms with van der Waals surface area (Å²) in [6.07, 6.45) is 3.23. The Morgan fingerprint density at radius 2 is 2.09 bits per heavy atom. The predicted molar refractivity (Wildman–Crippen MR) is 87.1 cm³/mol. The van der Waals surface area contributed by atoms with Crippen molar-refractivity contribution in [3.63, 3.8) is 0 Å². The Balaban J connectivity index is 2.10. The summed E-state index contributed by atoms with van der Waals surface area (Å²) in [5, 5.41) is 0. The van der Waals surface area contributed by atoms with Crippen molar-refractivity contribution in [3.05, 3.63) is 48.6 Å². The lowest BCUT2D eigenvalue weighted by atomic mass is 9.81. The zero-order valence-corrected chi connectivity index (χ0v) is 13.7. The summed E-state index contributed by atoms with van der Waals surface area (Å²) in [4.78, 5) is 15.2. The van der Waals surface area contributed by atoms with E-state index in [1.54, 1.807) is 0 Å². The molecule has 1 aromatic carbocycles. The first-order valence-corrected chi connectivity index (χ1v) is 8.09. The van der Waals surface area contributed by atoms with Crippen LogP contribution in [0.15, 0.2) is 43.0 Å². The van der Waals surface area contributed by atoms with E-state index in [2.05, 4.69) is 32.6 Å². The maximum absolute atomic E-state index is 13.2. The lowest BCUT2D eigenvalue weighted by molar-refractivity contribution is -0.143. The lowest BCUT2D eigenvalue weighted by Crippen LogP contribution is -2.46. The molecule has 0 aliphatic carbocycles. The van der Waals surface area contributed by atoms with Crippen molar-refractivity contribution >= 4 is 5.91 Å². The monoisotopic (exact) mass is 299 g/mol. The van der Waals surface area contributed by atoms with Crippen LogP contribution in [0.2, 0.25) is 0 Å². The van der Waals surface area contributed by atoms with Crippen molar-refractivity contribution < 1.29 is 9.53 Å². The SMILES string of the molecule is C=CC[C@@]1(C)C[C@@]2(c3ccccc3)OC[C@H](C(C)C)N2C1=O. The molecule has 0 saturated carbocycles. The normalized spacial score (nSPS) is 34.3. The summed E-state index contributed by atoms with van der Waals surface area (Å²) in [6, 6.07) is 10.3. The van der Waals surface area contributed by atoms with Crippen LogP contribution < -0.4 is 0 Å². The van der Waals surface area contributed by atoms with Gasteiger partial charge >= 0.3 is 0 Å². The van der Waals surface area contributed by atoms with Gasteiger partial charge in [-0.2, -0.15) is 0 Å². The number of carbonyl (C=O) groups excluding carboxylic acids is 1. The molecular formula is C19H25NO2. The van der Waals surface area contributed by atoms with Gasteiger partial charge in [0.15, 0.2) is 5.72 Å². The molecule has 0 spiro atoms. The first kappa shape index (κ1) is 15.3. The summed E-state index contributed by atoms with van der Waals surface area (Å²) >= 11 is 0. The number of amides is 1. The molecule has 0 bridgehead atoms. The third-order valence-electron chi connectivity index (χ3n) is 5.17. The average molecular weight is 299 g/mol. The van der Waals surface area contributed by atoms with E-state index in [-0.39, 0.29) is 11.9 Å². The number of hydrogen-bond donors (Lipinski definition) is 0. The molecule has 1 amide bonds. The number of carbonyl (C=O) groups is 1. The van der Waals surface area contributed by atoms with Gasteiger partial charge in [0.05, 0.1) is 18.1 Å². The molecule has 3 atom stereocenters. The Hall–Kier alpha value is -1.61. The van der Waals surface area contributed by atoms with Crippen LogP contribution in [0.3, 0.4) is 0 Å². The van der Waals surface area contributed by atoms with Gasteiger partial charge < -0.3 is 9.64 Å². The quantitative estimate of drug-likeness (QED) is 0.793. The third kappa shape index (κ3) is 2.03. The van der Waals surface area contributed by atoms with Gasteiger partial charge in [-0.3, -0.25) is 4.79 Å². The largest absolute Gasteiger partial charge is 0.349 e. The fourth-order valence-corrected chi connectivity index (χ4v) is 3.97. The Bertz CT molecular complexity index is 582. The maximum atomic E-state index is 13.2. The number of fused-ring (bicyclic) bond motifs is 1. The maximum Gasteiger partial charge on any atom is 0.231 e. The Morgan fingerprint density at radius 3 is 2.68 bits per heavy atom. The van der Waals surface area contributed by atoms with Gasteiger partial charge in [0.1, 0.15) is 0 Å². The van der Waals surface area contributed by atoms with Gasteiger partial charge in [0.2, 0.25) is 5.91 Å². The van der Waals surface area contributed by atoms with Crippen molar-refractivity contribution in [2.75, 3.05) is 6.61 Å². The highest BCUT2D eigenvalue weighted by Gasteiger charge is 2.63. The molecule has 1 aromatic rings. The number of nitrogens with zero attached hydrogens (tertiary/aromatic N) is 1. The number of hydrogen-bond acceptors (Lipinski definition) is 2. The van der Waals surface area contributed by atoms with E-state index in [1.807, 2.05) is 36.1 Å². The van der Waals surface area contributed by atoms with Crippen molar-refractivity contribution in [1.29, 1.82) is 0 Å². The second kappa shape index (κ2) is 5.24. The topological polar surface area (TPSA) is 29.5 Å². The summed E-state index contributed by atoms with van der Waals surface area (Å²) in [5.74, 6) is 0.577. The van der Waals surface area contributed by atoms with E-state index >= 15 is 0 Å². The van der Waals surface area contributed by atoms with Crippen molar-refractivity contribution in [2.45, 2.75) is 45.4 Å².